The van der Waals surface area contributed by atoms with Gasteiger partial charge in [0.15, 0.2) is 0 Å². The van der Waals surface area contributed by atoms with Crippen molar-refractivity contribution in [3.63, 3.8) is 0 Å². The number of hydrogen-bond donors (Lipinski definition) is 1. The SMILES string of the molecule is CCOc1ccccc1NC(=O)c1cn(Cc2ccccc2)nc1OCc1ccccc1. The first kappa shape index (κ1) is 21.2. The lowest BCUT2D eigenvalue weighted by Crippen LogP contribution is -2.14. The van der Waals surface area contributed by atoms with Crippen molar-refractivity contribution in [2.75, 3.05) is 11.9 Å². The molecule has 1 N–H and O–H groups in total. The third-order valence-corrected chi connectivity index (χ3v) is 4.81. The molecule has 1 heterocycles. The topological polar surface area (TPSA) is 65.4 Å². The Bertz CT molecular complexity index is 1160. The molecule has 1 aromatic heterocycles. The van der Waals surface area contributed by atoms with E-state index in [1.54, 1.807) is 10.9 Å². The molecule has 4 rings (SSSR count). The van der Waals surface area contributed by atoms with Crippen molar-refractivity contribution in [1.82, 2.24) is 9.78 Å². The van der Waals surface area contributed by atoms with Gasteiger partial charge in [-0.25, -0.2) is 0 Å². The third kappa shape index (κ3) is 5.35. The van der Waals surface area contributed by atoms with Gasteiger partial charge in [-0.2, -0.15) is 0 Å². The van der Waals surface area contributed by atoms with E-state index in [0.717, 1.165) is 11.1 Å². The predicted octanol–water partition coefficient (Wildman–Crippen LogP) is 5.16. The summed E-state index contributed by atoms with van der Waals surface area (Å²) in [7, 11) is 0. The predicted molar refractivity (Wildman–Crippen MR) is 124 cm³/mol. The molecule has 0 saturated carbocycles. The quantitative estimate of drug-likeness (QED) is 0.401. The second-order valence-corrected chi connectivity index (χ2v) is 7.19. The molecule has 0 fully saturated rings. The van der Waals surface area contributed by atoms with Gasteiger partial charge in [-0.05, 0) is 30.2 Å². The first-order chi connectivity index (χ1) is 15.7. The van der Waals surface area contributed by atoms with Crippen LogP contribution in [0, 0.1) is 0 Å². The van der Waals surface area contributed by atoms with E-state index in [2.05, 4.69) is 10.4 Å². The van der Waals surface area contributed by atoms with Crippen LogP contribution in [-0.2, 0) is 13.2 Å². The Balaban J connectivity index is 1.58. The smallest absolute Gasteiger partial charge is 0.262 e. The highest BCUT2D eigenvalue weighted by molar-refractivity contribution is 6.06. The average Bonchev–Trinajstić information content (AvgIpc) is 3.23. The summed E-state index contributed by atoms with van der Waals surface area (Å²) < 4.78 is 13.3. The average molecular weight is 428 g/mol. The highest BCUT2D eigenvalue weighted by atomic mass is 16.5. The molecule has 0 unspecified atom stereocenters. The fourth-order valence-electron chi connectivity index (χ4n) is 3.28. The molecule has 0 aliphatic carbocycles. The number of carbonyl (C=O) groups is 1. The lowest BCUT2D eigenvalue weighted by atomic mass is 10.2. The zero-order valence-electron chi connectivity index (χ0n) is 17.9. The molecular formula is C26H25N3O3. The monoisotopic (exact) mass is 427 g/mol. The number of benzene rings is 3. The fraction of sp³-hybridized carbons (Fsp3) is 0.154. The summed E-state index contributed by atoms with van der Waals surface area (Å²) >= 11 is 0. The van der Waals surface area contributed by atoms with Gasteiger partial charge in [0.25, 0.3) is 5.91 Å². The van der Waals surface area contributed by atoms with Crippen LogP contribution in [0.2, 0.25) is 0 Å². The number of nitrogens with one attached hydrogen (secondary N) is 1. The molecule has 0 atom stereocenters. The summed E-state index contributed by atoms with van der Waals surface area (Å²) in [5.74, 6) is 0.600. The van der Waals surface area contributed by atoms with Crippen molar-refractivity contribution in [3.8, 4) is 11.6 Å². The molecule has 0 aliphatic heterocycles. The van der Waals surface area contributed by atoms with Gasteiger partial charge in [0, 0.05) is 6.20 Å². The van der Waals surface area contributed by atoms with Crippen LogP contribution in [0.1, 0.15) is 28.4 Å². The van der Waals surface area contributed by atoms with Gasteiger partial charge in [0.1, 0.15) is 17.9 Å². The van der Waals surface area contributed by atoms with Crippen molar-refractivity contribution >= 4 is 11.6 Å². The zero-order valence-corrected chi connectivity index (χ0v) is 17.9. The van der Waals surface area contributed by atoms with E-state index in [1.165, 1.54) is 0 Å². The second kappa shape index (κ2) is 10.3. The molecule has 0 bridgehead atoms. The Morgan fingerprint density at radius 2 is 1.53 bits per heavy atom. The standard InChI is InChI=1S/C26H25N3O3/c1-2-31-24-16-10-9-15-23(24)27-25(30)22-18-29(17-20-11-5-3-6-12-20)28-26(22)32-19-21-13-7-4-8-14-21/h3-16,18H,2,17,19H2,1H3,(H,27,30). The normalized spacial score (nSPS) is 10.5. The molecule has 6 nitrogen and oxygen atoms in total. The Morgan fingerprint density at radius 1 is 0.875 bits per heavy atom. The minimum atomic E-state index is -0.306. The van der Waals surface area contributed by atoms with Gasteiger partial charge in [0.05, 0.1) is 18.8 Å². The zero-order chi connectivity index (χ0) is 22.2. The van der Waals surface area contributed by atoms with Gasteiger partial charge in [-0.1, -0.05) is 72.8 Å². The number of carbonyl (C=O) groups excluding carboxylic acids is 1. The molecule has 0 saturated heterocycles. The first-order valence-electron chi connectivity index (χ1n) is 10.5. The van der Waals surface area contributed by atoms with Crippen LogP contribution in [0.5, 0.6) is 11.6 Å². The minimum Gasteiger partial charge on any atom is -0.492 e. The van der Waals surface area contributed by atoms with E-state index in [1.807, 2.05) is 91.9 Å². The summed E-state index contributed by atoms with van der Waals surface area (Å²) in [5.41, 5.74) is 3.05. The lowest BCUT2D eigenvalue weighted by molar-refractivity contribution is 0.102. The maximum absolute atomic E-state index is 13.2. The summed E-state index contributed by atoms with van der Waals surface area (Å²) in [6, 6.07) is 27.1. The van der Waals surface area contributed by atoms with Crippen LogP contribution in [0.25, 0.3) is 0 Å². The van der Waals surface area contributed by atoms with Gasteiger partial charge >= 0.3 is 0 Å². The third-order valence-electron chi connectivity index (χ3n) is 4.81. The van der Waals surface area contributed by atoms with Gasteiger partial charge in [0.2, 0.25) is 5.88 Å². The van der Waals surface area contributed by atoms with E-state index in [9.17, 15) is 4.79 Å². The summed E-state index contributed by atoms with van der Waals surface area (Å²) in [6.45, 7) is 3.26. The van der Waals surface area contributed by atoms with Gasteiger partial charge in [-0.15, -0.1) is 5.10 Å². The Hall–Kier alpha value is -4.06. The number of anilines is 1. The first-order valence-corrected chi connectivity index (χ1v) is 10.5. The number of ether oxygens (including phenoxy) is 2. The molecular weight excluding hydrogens is 402 g/mol. The molecule has 0 radical (unpaired) electrons. The van der Waals surface area contributed by atoms with Crippen molar-refractivity contribution < 1.29 is 14.3 Å². The minimum absolute atomic E-state index is 0.288. The van der Waals surface area contributed by atoms with Gasteiger partial charge in [-0.3, -0.25) is 9.48 Å². The molecule has 0 spiro atoms. The largest absolute Gasteiger partial charge is 0.492 e. The number of nitrogens with zero attached hydrogens (tertiary/aromatic N) is 2. The molecule has 32 heavy (non-hydrogen) atoms. The Labute approximate surface area is 187 Å². The van der Waals surface area contributed by atoms with Crippen molar-refractivity contribution in [3.05, 3.63) is 108 Å². The lowest BCUT2D eigenvalue weighted by Gasteiger charge is -2.11. The van der Waals surface area contributed by atoms with E-state index in [4.69, 9.17) is 9.47 Å². The van der Waals surface area contributed by atoms with E-state index in [0.29, 0.717) is 36.8 Å². The Morgan fingerprint density at radius 3 is 2.25 bits per heavy atom. The van der Waals surface area contributed by atoms with Crippen LogP contribution >= 0.6 is 0 Å². The summed E-state index contributed by atoms with van der Waals surface area (Å²) in [4.78, 5) is 13.2. The van der Waals surface area contributed by atoms with Crippen molar-refractivity contribution in [2.45, 2.75) is 20.1 Å². The summed E-state index contributed by atoms with van der Waals surface area (Å²) in [5, 5.41) is 7.47. The number of rotatable bonds is 9. The van der Waals surface area contributed by atoms with Crippen LogP contribution in [0.15, 0.2) is 91.1 Å². The van der Waals surface area contributed by atoms with Crippen molar-refractivity contribution in [1.29, 1.82) is 0 Å². The van der Waals surface area contributed by atoms with Crippen LogP contribution in [0.3, 0.4) is 0 Å². The molecule has 1 amide bonds. The Kier molecular flexibility index (Phi) is 6.82. The number of amides is 1. The van der Waals surface area contributed by atoms with Crippen LogP contribution in [0.4, 0.5) is 5.69 Å². The van der Waals surface area contributed by atoms with E-state index >= 15 is 0 Å². The molecule has 6 heteroatoms. The number of hydrogen-bond acceptors (Lipinski definition) is 4. The second-order valence-electron chi connectivity index (χ2n) is 7.19. The maximum Gasteiger partial charge on any atom is 0.262 e. The molecule has 4 aromatic rings. The van der Waals surface area contributed by atoms with Gasteiger partial charge < -0.3 is 14.8 Å². The highest BCUT2D eigenvalue weighted by Gasteiger charge is 2.20. The van der Waals surface area contributed by atoms with Crippen LogP contribution < -0.4 is 14.8 Å². The van der Waals surface area contributed by atoms with E-state index < -0.39 is 0 Å². The highest BCUT2D eigenvalue weighted by Crippen LogP contribution is 2.26. The van der Waals surface area contributed by atoms with Crippen molar-refractivity contribution in [2.24, 2.45) is 0 Å². The van der Waals surface area contributed by atoms with E-state index in [-0.39, 0.29) is 11.8 Å². The van der Waals surface area contributed by atoms with Crippen LogP contribution in [-0.4, -0.2) is 22.3 Å². The number of aromatic nitrogens is 2. The maximum atomic E-state index is 13.2. The molecule has 0 aliphatic rings. The number of para-hydroxylation sites is 2. The fourth-order valence-corrected chi connectivity index (χ4v) is 3.28. The summed E-state index contributed by atoms with van der Waals surface area (Å²) in [6.07, 6.45) is 1.71. The molecule has 3 aromatic carbocycles. The molecule has 162 valence electrons.